The Kier molecular flexibility index (Phi) is 5.35. The van der Waals surface area contributed by atoms with Gasteiger partial charge in [-0.2, -0.15) is 13.2 Å². The standard InChI is InChI=1S/C23H19ClF3N3O3/c1-21(2)10-16-18(17(31)11-21)22(23(25,26)27,29-19(32)13-4-3-9-28-12-13)20(33)30(16)15-7-5-14(24)6-8-15/h3-9,12H,10-11H2,1-2H3,(H,29,32). The fraction of sp³-hybridized carbons (Fsp3) is 0.304. The van der Waals surface area contributed by atoms with Crippen LogP contribution in [0.5, 0.6) is 0 Å². The zero-order valence-corrected chi connectivity index (χ0v) is 18.4. The Morgan fingerprint density at radius 3 is 2.36 bits per heavy atom. The molecule has 1 aromatic heterocycles. The summed E-state index contributed by atoms with van der Waals surface area (Å²) in [4.78, 5) is 44.2. The first-order valence-electron chi connectivity index (χ1n) is 10.0. The van der Waals surface area contributed by atoms with Crippen molar-refractivity contribution in [1.82, 2.24) is 10.3 Å². The summed E-state index contributed by atoms with van der Waals surface area (Å²) in [5, 5.41) is 2.19. The molecule has 0 radical (unpaired) electrons. The molecule has 1 aliphatic heterocycles. The predicted octanol–water partition coefficient (Wildman–Crippen LogP) is 4.46. The van der Waals surface area contributed by atoms with Gasteiger partial charge in [0.25, 0.3) is 11.8 Å². The van der Waals surface area contributed by atoms with E-state index in [-0.39, 0.29) is 29.8 Å². The summed E-state index contributed by atoms with van der Waals surface area (Å²) in [5.74, 6) is -3.48. The zero-order valence-electron chi connectivity index (χ0n) is 17.7. The molecule has 2 amide bonds. The van der Waals surface area contributed by atoms with Crippen LogP contribution in [0.25, 0.3) is 0 Å². The molecule has 6 nitrogen and oxygen atoms in total. The third-order valence-corrected chi connectivity index (χ3v) is 6.01. The molecule has 2 heterocycles. The molecule has 10 heteroatoms. The number of carbonyl (C=O) groups excluding carboxylic acids is 3. The summed E-state index contributed by atoms with van der Waals surface area (Å²) in [5.41, 5.74) is -5.09. The molecule has 0 fully saturated rings. The first kappa shape index (κ1) is 23.0. The molecule has 0 spiro atoms. The molecule has 0 saturated carbocycles. The van der Waals surface area contributed by atoms with Crippen LogP contribution in [0.4, 0.5) is 18.9 Å². The number of ketones is 1. The van der Waals surface area contributed by atoms with E-state index in [1.807, 2.05) is 5.32 Å². The Morgan fingerprint density at radius 2 is 1.79 bits per heavy atom. The van der Waals surface area contributed by atoms with E-state index < -0.39 is 40.3 Å². The van der Waals surface area contributed by atoms with Crippen molar-refractivity contribution in [1.29, 1.82) is 0 Å². The summed E-state index contributed by atoms with van der Waals surface area (Å²) in [6, 6.07) is 8.30. The van der Waals surface area contributed by atoms with Crippen LogP contribution in [-0.2, 0) is 9.59 Å². The molecular formula is C23H19ClF3N3O3. The molecule has 33 heavy (non-hydrogen) atoms. The van der Waals surface area contributed by atoms with Crippen LogP contribution < -0.4 is 10.2 Å². The minimum Gasteiger partial charge on any atom is -0.326 e. The number of hydrogen-bond acceptors (Lipinski definition) is 4. The van der Waals surface area contributed by atoms with Gasteiger partial charge in [-0.05, 0) is 48.2 Å². The van der Waals surface area contributed by atoms with Gasteiger partial charge in [0.1, 0.15) is 0 Å². The number of nitrogens with one attached hydrogen (secondary N) is 1. The lowest BCUT2D eigenvalue weighted by molar-refractivity contribution is -0.186. The minimum atomic E-state index is -5.29. The second-order valence-corrected chi connectivity index (χ2v) is 9.26. The average Bonchev–Trinajstić information content (AvgIpc) is 2.97. The first-order valence-corrected chi connectivity index (χ1v) is 10.4. The maximum atomic E-state index is 14.7. The lowest BCUT2D eigenvalue weighted by Gasteiger charge is -2.35. The third kappa shape index (κ3) is 3.70. The van der Waals surface area contributed by atoms with Crippen LogP contribution in [0.2, 0.25) is 5.02 Å². The molecule has 1 unspecified atom stereocenters. The van der Waals surface area contributed by atoms with Crippen LogP contribution >= 0.6 is 11.6 Å². The molecule has 2 aromatic rings. The van der Waals surface area contributed by atoms with Crippen molar-refractivity contribution in [3.8, 4) is 0 Å². The number of nitrogens with zero attached hydrogens (tertiary/aromatic N) is 2. The van der Waals surface area contributed by atoms with Crippen LogP contribution in [0.3, 0.4) is 0 Å². The summed E-state index contributed by atoms with van der Waals surface area (Å²) < 4.78 is 44.2. The molecule has 0 bridgehead atoms. The second-order valence-electron chi connectivity index (χ2n) is 8.82. The van der Waals surface area contributed by atoms with E-state index in [0.29, 0.717) is 5.02 Å². The maximum Gasteiger partial charge on any atom is 0.425 e. The Bertz CT molecular complexity index is 1180. The average molecular weight is 478 g/mol. The topological polar surface area (TPSA) is 79.4 Å². The van der Waals surface area contributed by atoms with Gasteiger partial charge in [0.2, 0.25) is 5.54 Å². The Balaban J connectivity index is 1.94. The summed E-state index contributed by atoms with van der Waals surface area (Å²) in [6.07, 6.45) is -3.03. The van der Waals surface area contributed by atoms with Gasteiger partial charge in [0, 0.05) is 35.2 Å². The largest absolute Gasteiger partial charge is 0.425 e. The SMILES string of the molecule is CC1(C)CC(=O)C2=C(C1)N(c1ccc(Cl)cc1)C(=O)C2(NC(=O)c1cccnc1)C(F)(F)F. The predicted molar refractivity (Wildman–Crippen MR) is 114 cm³/mol. The number of anilines is 1. The molecule has 0 saturated heterocycles. The highest BCUT2D eigenvalue weighted by Crippen LogP contribution is 2.52. The van der Waals surface area contributed by atoms with Gasteiger partial charge in [-0.1, -0.05) is 25.4 Å². The lowest BCUT2D eigenvalue weighted by atomic mass is 9.72. The monoisotopic (exact) mass is 477 g/mol. The molecule has 1 atom stereocenters. The van der Waals surface area contributed by atoms with Gasteiger partial charge >= 0.3 is 6.18 Å². The molecular weight excluding hydrogens is 459 g/mol. The molecule has 4 rings (SSSR count). The Morgan fingerprint density at radius 1 is 1.12 bits per heavy atom. The highest BCUT2D eigenvalue weighted by molar-refractivity contribution is 6.30. The summed E-state index contributed by atoms with van der Waals surface area (Å²) >= 11 is 5.91. The number of rotatable bonds is 3. The number of carbonyl (C=O) groups is 3. The fourth-order valence-electron chi connectivity index (χ4n) is 4.35. The molecule has 172 valence electrons. The van der Waals surface area contributed by atoms with Crippen molar-refractivity contribution in [2.75, 3.05) is 4.90 Å². The van der Waals surface area contributed by atoms with Gasteiger partial charge in [-0.25, -0.2) is 0 Å². The molecule has 1 aromatic carbocycles. The lowest BCUT2D eigenvalue weighted by Crippen LogP contribution is -2.66. The van der Waals surface area contributed by atoms with Crippen molar-refractivity contribution in [3.63, 3.8) is 0 Å². The van der Waals surface area contributed by atoms with Gasteiger partial charge in [-0.3, -0.25) is 24.3 Å². The number of allylic oxidation sites excluding steroid dienone is 1. The van der Waals surface area contributed by atoms with Crippen molar-refractivity contribution in [2.45, 2.75) is 38.4 Å². The van der Waals surface area contributed by atoms with Gasteiger partial charge < -0.3 is 5.32 Å². The fourth-order valence-corrected chi connectivity index (χ4v) is 4.48. The number of aromatic nitrogens is 1. The maximum absolute atomic E-state index is 14.7. The number of benzene rings is 1. The normalized spacial score (nSPS) is 22.4. The Labute approximate surface area is 192 Å². The highest BCUT2D eigenvalue weighted by Gasteiger charge is 2.72. The molecule has 1 N–H and O–H groups in total. The number of Topliss-reactive ketones (excluding diaryl/α,β-unsaturated/α-hetero) is 1. The number of hydrogen-bond donors (Lipinski definition) is 1. The number of amides is 2. The van der Waals surface area contributed by atoms with Crippen molar-refractivity contribution < 1.29 is 27.6 Å². The van der Waals surface area contributed by atoms with E-state index in [1.165, 1.54) is 42.6 Å². The van der Waals surface area contributed by atoms with Crippen molar-refractivity contribution in [3.05, 3.63) is 70.6 Å². The van der Waals surface area contributed by atoms with Crippen LogP contribution in [0, 0.1) is 5.41 Å². The molecule has 2 aliphatic rings. The van der Waals surface area contributed by atoms with E-state index in [0.717, 1.165) is 11.1 Å². The van der Waals surface area contributed by atoms with Gasteiger partial charge in [-0.15, -0.1) is 0 Å². The minimum absolute atomic E-state index is 0.0308. The number of alkyl halides is 3. The Hall–Kier alpha value is -3.20. The van der Waals surface area contributed by atoms with Gasteiger partial charge in [0.15, 0.2) is 5.78 Å². The van der Waals surface area contributed by atoms with Crippen molar-refractivity contribution >= 4 is 34.9 Å². The third-order valence-electron chi connectivity index (χ3n) is 5.76. The van der Waals surface area contributed by atoms with E-state index in [4.69, 9.17) is 11.6 Å². The van der Waals surface area contributed by atoms with Crippen LogP contribution in [-0.4, -0.2) is 34.3 Å². The number of halogens is 4. The zero-order chi connectivity index (χ0) is 24.2. The first-order chi connectivity index (χ1) is 15.4. The van der Waals surface area contributed by atoms with E-state index in [1.54, 1.807) is 13.8 Å². The smallest absolute Gasteiger partial charge is 0.326 e. The number of pyridine rings is 1. The summed E-state index contributed by atoms with van der Waals surface area (Å²) in [6.45, 7) is 3.47. The van der Waals surface area contributed by atoms with Crippen molar-refractivity contribution in [2.24, 2.45) is 5.41 Å². The van der Waals surface area contributed by atoms with E-state index in [2.05, 4.69) is 4.98 Å². The van der Waals surface area contributed by atoms with E-state index in [9.17, 15) is 27.6 Å². The van der Waals surface area contributed by atoms with E-state index >= 15 is 0 Å². The highest BCUT2D eigenvalue weighted by atomic mass is 35.5. The van der Waals surface area contributed by atoms with Crippen LogP contribution in [0.1, 0.15) is 37.0 Å². The summed E-state index contributed by atoms with van der Waals surface area (Å²) in [7, 11) is 0. The second kappa shape index (κ2) is 7.69. The molecule has 1 aliphatic carbocycles. The quantitative estimate of drug-likeness (QED) is 0.708. The van der Waals surface area contributed by atoms with Crippen LogP contribution in [0.15, 0.2) is 60.1 Å². The van der Waals surface area contributed by atoms with Gasteiger partial charge in [0.05, 0.1) is 11.1 Å².